The molecular formula is C19H33NO2. The molecule has 3 atom stereocenters. The van der Waals surface area contributed by atoms with Crippen molar-refractivity contribution in [3.63, 3.8) is 0 Å². The van der Waals surface area contributed by atoms with Gasteiger partial charge in [-0.3, -0.25) is 0 Å². The fourth-order valence-corrected chi connectivity index (χ4v) is 6.39. The van der Waals surface area contributed by atoms with Gasteiger partial charge in [0.15, 0.2) is 0 Å². The van der Waals surface area contributed by atoms with Crippen molar-refractivity contribution in [1.29, 1.82) is 0 Å². The molecule has 4 aliphatic rings. The maximum Gasteiger partial charge on any atom is 0.0690 e. The Hall–Kier alpha value is -0.120. The van der Waals surface area contributed by atoms with E-state index in [9.17, 15) is 5.11 Å². The summed E-state index contributed by atoms with van der Waals surface area (Å²) in [5, 5.41) is 13.6. The Balaban J connectivity index is 1.43. The largest absolute Gasteiger partial charge is 0.396 e. The molecule has 0 bridgehead atoms. The smallest absolute Gasteiger partial charge is 0.0690 e. The highest BCUT2D eigenvalue weighted by molar-refractivity contribution is 5.16. The van der Waals surface area contributed by atoms with E-state index >= 15 is 0 Å². The lowest BCUT2D eigenvalue weighted by Crippen LogP contribution is -2.68. The van der Waals surface area contributed by atoms with Crippen molar-refractivity contribution in [1.82, 2.24) is 5.32 Å². The first-order chi connectivity index (χ1) is 10.8. The lowest BCUT2D eigenvalue weighted by atomic mass is 9.54. The molecule has 3 aliphatic carbocycles. The van der Waals surface area contributed by atoms with E-state index in [2.05, 4.69) is 5.32 Å². The molecule has 126 valence electrons. The Bertz CT molecular complexity index is 379. The van der Waals surface area contributed by atoms with E-state index in [-0.39, 0.29) is 0 Å². The molecule has 0 aromatic rings. The predicted octanol–water partition coefficient (Wildman–Crippen LogP) is 3.26. The number of hydrogen-bond acceptors (Lipinski definition) is 3. The van der Waals surface area contributed by atoms with Crippen LogP contribution in [0.4, 0.5) is 0 Å². The summed E-state index contributed by atoms with van der Waals surface area (Å²) in [5.41, 5.74) is 0.841. The van der Waals surface area contributed by atoms with Crippen LogP contribution < -0.4 is 5.32 Å². The highest BCUT2D eigenvalue weighted by Crippen LogP contribution is 2.60. The van der Waals surface area contributed by atoms with Gasteiger partial charge < -0.3 is 15.2 Å². The van der Waals surface area contributed by atoms with E-state index < -0.39 is 0 Å². The Morgan fingerprint density at radius 1 is 1.00 bits per heavy atom. The van der Waals surface area contributed by atoms with Crippen LogP contribution in [0.1, 0.15) is 70.6 Å². The fraction of sp³-hybridized carbons (Fsp3) is 1.00. The second-order valence-electron chi connectivity index (χ2n) is 8.58. The maximum absolute atomic E-state index is 9.53. The third-order valence-corrected chi connectivity index (χ3v) is 7.54. The third kappa shape index (κ3) is 2.35. The zero-order chi connectivity index (χ0) is 15.0. The molecule has 1 aliphatic heterocycles. The van der Waals surface area contributed by atoms with Gasteiger partial charge in [0.2, 0.25) is 0 Å². The van der Waals surface area contributed by atoms with Gasteiger partial charge >= 0.3 is 0 Å². The van der Waals surface area contributed by atoms with Crippen molar-refractivity contribution >= 4 is 0 Å². The van der Waals surface area contributed by atoms with E-state index in [1.165, 1.54) is 64.2 Å². The molecule has 0 aromatic heterocycles. The molecule has 1 spiro atoms. The number of aliphatic hydroxyl groups excluding tert-OH is 1. The van der Waals surface area contributed by atoms with Gasteiger partial charge in [0.1, 0.15) is 0 Å². The highest BCUT2D eigenvalue weighted by atomic mass is 16.5. The average Bonchev–Trinajstić information content (AvgIpc) is 3.16. The van der Waals surface area contributed by atoms with Crippen molar-refractivity contribution in [2.45, 2.75) is 82.8 Å². The van der Waals surface area contributed by atoms with E-state index in [0.717, 1.165) is 25.5 Å². The minimum Gasteiger partial charge on any atom is -0.396 e. The van der Waals surface area contributed by atoms with E-state index in [1.807, 2.05) is 0 Å². The van der Waals surface area contributed by atoms with Gasteiger partial charge in [-0.05, 0) is 43.9 Å². The lowest BCUT2D eigenvalue weighted by Gasteiger charge is -2.58. The topological polar surface area (TPSA) is 41.5 Å². The number of rotatable bonds is 5. The van der Waals surface area contributed by atoms with Gasteiger partial charge in [0.25, 0.3) is 0 Å². The number of hydrogen-bond donors (Lipinski definition) is 2. The SMILES string of the molecule is OCCC1(CNC2C3CCOC3C23CCCC3)CCCCC1. The number of nitrogens with one attached hydrogen (secondary N) is 1. The molecule has 3 saturated carbocycles. The molecule has 0 radical (unpaired) electrons. The standard InChI is InChI=1S/C19H33NO2/c21-12-11-18(7-2-1-3-8-18)14-20-16-15-6-13-22-17(15)19(16)9-4-5-10-19/h15-17,20-21H,1-14H2. The first-order valence-electron chi connectivity index (χ1n) is 9.76. The Morgan fingerprint density at radius 2 is 1.73 bits per heavy atom. The Labute approximate surface area is 135 Å². The Kier molecular flexibility index (Phi) is 4.25. The van der Waals surface area contributed by atoms with Crippen LogP contribution in [0.25, 0.3) is 0 Å². The molecule has 3 unspecified atom stereocenters. The Morgan fingerprint density at radius 3 is 2.45 bits per heavy atom. The molecule has 2 N–H and O–H groups in total. The van der Waals surface area contributed by atoms with Crippen molar-refractivity contribution in [2.75, 3.05) is 19.8 Å². The van der Waals surface area contributed by atoms with Crippen LogP contribution in [0.2, 0.25) is 0 Å². The summed E-state index contributed by atoms with van der Waals surface area (Å²) in [6, 6.07) is 0.694. The molecule has 4 rings (SSSR count). The van der Waals surface area contributed by atoms with Crippen LogP contribution in [-0.4, -0.2) is 37.0 Å². The number of fused-ring (bicyclic) bond motifs is 2. The van der Waals surface area contributed by atoms with Gasteiger partial charge in [-0.25, -0.2) is 0 Å². The first-order valence-corrected chi connectivity index (χ1v) is 9.76. The summed E-state index contributed by atoms with van der Waals surface area (Å²) in [7, 11) is 0. The first kappa shape index (κ1) is 15.4. The van der Waals surface area contributed by atoms with Crippen LogP contribution in [-0.2, 0) is 4.74 Å². The minimum absolute atomic E-state index is 0.354. The van der Waals surface area contributed by atoms with Crippen molar-refractivity contribution in [2.24, 2.45) is 16.7 Å². The quantitative estimate of drug-likeness (QED) is 0.819. The van der Waals surface area contributed by atoms with Gasteiger partial charge in [0, 0.05) is 37.1 Å². The van der Waals surface area contributed by atoms with Crippen molar-refractivity contribution in [3.05, 3.63) is 0 Å². The fourth-order valence-electron chi connectivity index (χ4n) is 6.39. The molecule has 3 heteroatoms. The summed E-state index contributed by atoms with van der Waals surface area (Å²) in [6.45, 7) is 2.47. The number of ether oxygens (including phenoxy) is 1. The van der Waals surface area contributed by atoms with Gasteiger partial charge in [-0.15, -0.1) is 0 Å². The summed E-state index contributed by atoms with van der Waals surface area (Å²) in [5.74, 6) is 0.771. The van der Waals surface area contributed by atoms with Crippen LogP contribution >= 0.6 is 0 Å². The van der Waals surface area contributed by atoms with Gasteiger partial charge in [0.05, 0.1) is 6.10 Å². The summed E-state index contributed by atoms with van der Waals surface area (Å²) in [4.78, 5) is 0. The van der Waals surface area contributed by atoms with Gasteiger partial charge in [-0.1, -0.05) is 32.1 Å². The summed E-state index contributed by atoms with van der Waals surface area (Å²) in [6.07, 6.45) is 15.1. The second kappa shape index (κ2) is 6.07. The van der Waals surface area contributed by atoms with Crippen LogP contribution in [0, 0.1) is 16.7 Å². The molecule has 22 heavy (non-hydrogen) atoms. The third-order valence-electron chi connectivity index (χ3n) is 7.54. The minimum atomic E-state index is 0.354. The predicted molar refractivity (Wildman–Crippen MR) is 87.8 cm³/mol. The average molecular weight is 307 g/mol. The van der Waals surface area contributed by atoms with Crippen molar-refractivity contribution < 1.29 is 9.84 Å². The highest BCUT2D eigenvalue weighted by Gasteiger charge is 2.64. The monoisotopic (exact) mass is 307 g/mol. The second-order valence-corrected chi connectivity index (χ2v) is 8.58. The van der Waals surface area contributed by atoms with E-state index in [1.54, 1.807) is 0 Å². The van der Waals surface area contributed by atoms with Crippen LogP contribution in [0.3, 0.4) is 0 Å². The van der Waals surface area contributed by atoms with E-state index in [4.69, 9.17) is 4.74 Å². The van der Waals surface area contributed by atoms with E-state index in [0.29, 0.717) is 29.6 Å². The van der Waals surface area contributed by atoms with Crippen LogP contribution in [0.5, 0.6) is 0 Å². The zero-order valence-electron chi connectivity index (χ0n) is 14.0. The molecule has 3 nitrogen and oxygen atoms in total. The van der Waals surface area contributed by atoms with Crippen LogP contribution in [0.15, 0.2) is 0 Å². The number of aliphatic hydroxyl groups is 1. The lowest BCUT2D eigenvalue weighted by molar-refractivity contribution is -0.133. The molecule has 0 aromatic carbocycles. The van der Waals surface area contributed by atoms with Crippen molar-refractivity contribution in [3.8, 4) is 0 Å². The van der Waals surface area contributed by atoms with Gasteiger partial charge in [-0.2, -0.15) is 0 Å². The normalized spacial score (nSPS) is 38.9. The summed E-state index contributed by atoms with van der Waals surface area (Å²) < 4.78 is 6.10. The maximum atomic E-state index is 9.53. The molecule has 4 fully saturated rings. The zero-order valence-corrected chi connectivity index (χ0v) is 14.0. The summed E-state index contributed by atoms with van der Waals surface area (Å²) >= 11 is 0. The molecule has 1 heterocycles. The molecular weight excluding hydrogens is 274 g/mol. The molecule has 1 saturated heterocycles. The molecule has 0 amide bonds.